The summed E-state index contributed by atoms with van der Waals surface area (Å²) in [6.45, 7) is 2.34. The zero-order chi connectivity index (χ0) is 15.0. The predicted molar refractivity (Wildman–Crippen MR) is 90.8 cm³/mol. The summed E-state index contributed by atoms with van der Waals surface area (Å²) >= 11 is 7.30. The number of para-hydroxylation sites is 1. The van der Waals surface area contributed by atoms with E-state index in [1.54, 1.807) is 0 Å². The number of alkyl halides is 2. The molecule has 0 aliphatic carbocycles. The maximum Gasteiger partial charge on any atom is 0.188 e. The summed E-state index contributed by atoms with van der Waals surface area (Å²) in [4.78, 5) is 12.7. The second-order valence-corrected chi connectivity index (χ2v) is 7.58. The van der Waals surface area contributed by atoms with Crippen molar-refractivity contribution in [3.63, 3.8) is 0 Å². The highest BCUT2D eigenvalue weighted by atomic mass is 79.9. The number of ketones is 1. The molecule has 1 aliphatic heterocycles. The number of hydrogen-bond donors (Lipinski definition) is 0. The first-order valence-corrected chi connectivity index (χ1v) is 8.39. The Labute approximate surface area is 140 Å². The number of benzene rings is 2. The van der Waals surface area contributed by atoms with E-state index in [-0.39, 0.29) is 10.6 Å². The van der Waals surface area contributed by atoms with E-state index in [0.29, 0.717) is 17.9 Å². The maximum atomic E-state index is 12.9. The summed E-state index contributed by atoms with van der Waals surface area (Å²) in [6.07, 6.45) is 0. The lowest BCUT2D eigenvalue weighted by Crippen LogP contribution is -2.45. The van der Waals surface area contributed by atoms with Crippen LogP contribution in [0.2, 0.25) is 0 Å². The summed E-state index contributed by atoms with van der Waals surface area (Å²) in [5.41, 5.74) is 2.87. The van der Waals surface area contributed by atoms with Gasteiger partial charge in [-0.2, -0.15) is 0 Å². The molecule has 0 unspecified atom stereocenters. The highest BCUT2D eigenvalue weighted by Crippen LogP contribution is 2.46. The van der Waals surface area contributed by atoms with E-state index in [1.165, 1.54) is 5.56 Å². The van der Waals surface area contributed by atoms with Crippen LogP contribution in [0.3, 0.4) is 0 Å². The Hall–Kier alpha value is -1.13. The predicted octanol–water partition coefficient (Wildman–Crippen LogP) is 4.84. The summed E-state index contributed by atoms with van der Waals surface area (Å²) in [5.74, 6) is 0.702. The zero-order valence-corrected chi connectivity index (χ0v) is 14.6. The van der Waals surface area contributed by atoms with Crippen LogP contribution < -0.4 is 4.74 Å². The molecular formula is C17H14Br2O2. The number of carbonyl (C=O) groups excluding carboxylic acids is 1. The number of ether oxygens (including phenoxy) is 1. The van der Waals surface area contributed by atoms with Gasteiger partial charge in [-0.05, 0) is 24.6 Å². The molecule has 0 aromatic heterocycles. The van der Waals surface area contributed by atoms with Gasteiger partial charge in [0.2, 0.25) is 0 Å². The van der Waals surface area contributed by atoms with Gasteiger partial charge in [0.25, 0.3) is 0 Å². The van der Waals surface area contributed by atoms with Gasteiger partial charge in [-0.1, -0.05) is 73.8 Å². The number of Topliss-reactive ketones (excluding diaryl/α,β-unsaturated/α-hetero) is 1. The van der Waals surface area contributed by atoms with Crippen LogP contribution in [0.5, 0.6) is 5.75 Å². The first-order chi connectivity index (χ1) is 10.0. The molecule has 2 aromatic carbocycles. The van der Waals surface area contributed by atoms with E-state index in [4.69, 9.17) is 4.74 Å². The third kappa shape index (κ3) is 2.55. The lowest BCUT2D eigenvalue weighted by molar-refractivity contribution is 0.0873. The molecule has 0 amide bonds. The van der Waals surface area contributed by atoms with Crippen LogP contribution in [0.4, 0.5) is 0 Å². The normalized spacial score (nSPS) is 22.3. The minimum absolute atomic E-state index is 0.0480. The standard InChI is InChI=1S/C17H14Br2O2/c1-11-6-8-12(9-7-11)15(18)17(19)10-21-14-5-3-2-4-13(14)16(17)20/h2-9,15H,10H2,1H3/t15-,17+/m1/s1. The zero-order valence-electron chi connectivity index (χ0n) is 11.5. The minimum atomic E-state index is -0.795. The van der Waals surface area contributed by atoms with E-state index in [0.717, 1.165) is 5.56 Å². The number of aryl methyl sites for hydroxylation is 1. The lowest BCUT2D eigenvalue weighted by Gasteiger charge is -2.35. The quantitative estimate of drug-likeness (QED) is 0.663. The van der Waals surface area contributed by atoms with Crippen molar-refractivity contribution >= 4 is 37.6 Å². The summed E-state index contributed by atoms with van der Waals surface area (Å²) in [6, 6.07) is 15.5. The molecule has 0 bridgehead atoms. The fourth-order valence-corrected chi connectivity index (χ4v) is 3.68. The van der Waals surface area contributed by atoms with Crippen molar-refractivity contribution in [3.05, 3.63) is 65.2 Å². The molecule has 0 saturated heterocycles. The van der Waals surface area contributed by atoms with Crippen LogP contribution in [-0.4, -0.2) is 16.7 Å². The Bertz CT molecular complexity index is 681. The van der Waals surface area contributed by atoms with Crippen LogP contribution in [0.25, 0.3) is 0 Å². The Morgan fingerprint density at radius 1 is 1.14 bits per heavy atom. The molecule has 108 valence electrons. The van der Waals surface area contributed by atoms with Crippen molar-refractivity contribution in [2.75, 3.05) is 6.61 Å². The molecular weight excluding hydrogens is 396 g/mol. The summed E-state index contributed by atoms with van der Waals surface area (Å²) in [7, 11) is 0. The van der Waals surface area contributed by atoms with Crippen molar-refractivity contribution in [3.8, 4) is 5.75 Å². The molecule has 0 radical (unpaired) electrons. The van der Waals surface area contributed by atoms with Gasteiger partial charge in [-0.3, -0.25) is 4.79 Å². The molecule has 2 atom stereocenters. The van der Waals surface area contributed by atoms with E-state index in [9.17, 15) is 4.79 Å². The third-order valence-electron chi connectivity index (χ3n) is 3.72. The van der Waals surface area contributed by atoms with E-state index >= 15 is 0 Å². The molecule has 0 spiro atoms. The average molecular weight is 410 g/mol. The largest absolute Gasteiger partial charge is 0.491 e. The van der Waals surface area contributed by atoms with Crippen LogP contribution in [-0.2, 0) is 0 Å². The number of carbonyl (C=O) groups is 1. The number of fused-ring (bicyclic) bond motifs is 1. The maximum absolute atomic E-state index is 12.9. The third-order valence-corrected chi connectivity index (χ3v) is 6.69. The van der Waals surface area contributed by atoms with Crippen molar-refractivity contribution in [1.29, 1.82) is 0 Å². The van der Waals surface area contributed by atoms with Crippen LogP contribution in [0.15, 0.2) is 48.5 Å². The number of halogens is 2. The fraction of sp³-hybridized carbons (Fsp3) is 0.235. The Balaban J connectivity index is 1.98. The van der Waals surface area contributed by atoms with E-state index in [2.05, 4.69) is 31.9 Å². The number of hydrogen-bond acceptors (Lipinski definition) is 2. The lowest BCUT2D eigenvalue weighted by atomic mass is 9.89. The molecule has 0 N–H and O–H groups in total. The van der Waals surface area contributed by atoms with Crippen LogP contribution in [0.1, 0.15) is 26.3 Å². The van der Waals surface area contributed by atoms with Gasteiger partial charge in [0, 0.05) is 0 Å². The highest BCUT2D eigenvalue weighted by Gasteiger charge is 2.47. The van der Waals surface area contributed by atoms with Gasteiger partial charge in [-0.25, -0.2) is 0 Å². The van der Waals surface area contributed by atoms with Gasteiger partial charge in [0.15, 0.2) is 5.78 Å². The second kappa shape index (κ2) is 5.58. The Morgan fingerprint density at radius 3 is 2.52 bits per heavy atom. The van der Waals surface area contributed by atoms with Gasteiger partial charge in [0.05, 0.1) is 10.4 Å². The molecule has 3 rings (SSSR count). The van der Waals surface area contributed by atoms with Gasteiger partial charge in [-0.15, -0.1) is 0 Å². The number of rotatable bonds is 2. The van der Waals surface area contributed by atoms with E-state index in [1.807, 2.05) is 55.5 Å². The SMILES string of the molecule is Cc1ccc([C@@H](Br)[C@@]2(Br)COc3ccccc3C2=O)cc1. The molecule has 1 aliphatic rings. The summed E-state index contributed by atoms with van der Waals surface area (Å²) < 4.78 is 4.98. The van der Waals surface area contributed by atoms with E-state index < -0.39 is 4.32 Å². The monoisotopic (exact) mass is 408 g/mol. The molecule has 1 heterocycles. The van der Waals surface area contributed by atoms with Crippen molar-refractivity contribution in [2.45, 2.75) is 16.1 Å². The van der Waals surface area contributed by atoms with Crippen molar-refractivity contribution in [2.24, 2.45) is 0 Å². The van der Waals surface area contributed by atoms with Crippen molar-refractivity contribution < 1.29 is 9.53 Å². The van der Waals surface area contributed by atoms with Crippen molar-refractivity contribution in [1.82, 2.24) is 0 Å². The second-order valence-electron chi connectivity index (χ2n) is 5.25. The highest BCUT2D eigenvalue weighted by molar-refractivity contribution is 9.12. The average Bonchev–Trinajstić information content (AvgIpc) is 2.51. The molecule has 21 heavy (non-hydrogen) atoms. The van der Waals surface area contributed by atoms with Gasteiger partial charge in [0.1, 0.15) is 16.7 Å². The first kappa shape index (κ1) is 14.8. The van der Waals surface area contributed by atoms with Crippen LogP contribution >= 0.6 is 31.9 Å². The molecule has 0 fully saturated rings. The molecule has 2 aromatic rings. The van der Waals surface area contributed by atoms with Crippen LogP contribution in [0, 0.1) is 6.92 Å². The smallest absolute Gasteiger partial charge is 0.188 e. The van der Waals surface area contributed by atoms with Gasteiger partial charge < -0.3 is 4.74 Å². The molecule has 0 saturated carbocycles. The fourth-order valence-electron chi connectivity index (χ4n) is 2.44. The van der Waals surface area contributed by atoms with Gasteiger partial charge >= 0.3 is 0 Å². The Kier molecular flexibility index (Phi) is 3.93. The summed E-state index contributed by atoms with van der Waals surface area (Å²) in [5, 5.41) is 0. The minimum Gasteiger partial charge on any atom is -0.491 e. The topological polar surface area (TPSA) is 26.3 Å². The first-order valence-electron chi connectivity index (χ1n) is 6.68. The Morgan fingerprint density at radius 2 is 1.81 bits per heavy atom. The molecule has 4 heteroatoms. The molecule has 2 nitrogen and oxygen atoms in total.